The lowest BCUT2D eigenvalue weighted by Gasteiger charge is -2.18. The van der Waals surface area contributed by atoms with E-state index >= 15 is 0 Å². The van der Waals surface area contributed by atoms with Gasteiger partial charge in [0.1, 0.15) is 5.69 Å². The van der Waals surface area contributed by atoms with Crippen molar-refractivity contribution in [2.45, 2.75) is 6.54 Å². The number of likely N-dealkylation sites (N-methyl/N-ethyl adjacent to an activating group) is 1. The van der Waals surface area contributed by atoms with E-state index in [9.17, 15) is 4.79 Å². The van der Waals surface area contributed by atoms with Crippen LogP contribution in [-0.2, 0) is 11.3 Å². The number of pyridine rings is 2. The van der Waals surface area contributed by atoms with E-state index in [0.29, 0.717) is 24.7 Å². The number of hydrogen-bond donors (Lipinski definition) is 1. The van der Waals surface area contributed by atoms with Crippen LogP contribution in [0.5, 0.6) is 0 Å². The molecule has 0 spiro atoms. The van der Waals surface area contributed by atoms with Crippen LogP contribution >= 0.6 is 0 Å². The predicted molar refractivity (Wildman–Crippen MR) is 103 cm³/mol. The Hall–Kier alpha value is -3.26. The number of aromatic nitrogens is 4. The molecule has 3 aromatic heterocycles. The van der Waals surface area contributed by atoms with Gasteiger partial charge < -0.3 is 15.0 Å². The Labute approximate surface area is 157 Å². The van der Waals surface area contributed by atoms with Crippen molar-refractivity contribution in [3.8, 4) is 0 Å². The van der Waals surface area contributed by atoms with Crippen LogP contribution in [0, 0.1) is 0 Å². The molecule has 0 aromatic carbocycles. The van der Waals surface area contributed by atoms with Crippen LogP contribution in [0.2, 0.25) is 0 Å². The van der Waals surface area contributed by atoms with Crippen LogP contribution in [0.4, 0.5) is 11.5 Å². The first-order chi connectivity index (χ1) is 13.2. The van der Waals surface area contributed by atoms with Crippen molar-refractivity contribution in [3.63, 3.8) is 0 Å². The molecule has 0 saturated heterocycles. The summed E-state index contributed by atoms with van der Waals surface area (Å²) in [5.74, 6) is 0.181. The molecule has 3 rings (SSSR count). The Kier molecular flexibility index (Phi) is 6.11. The summed E-state index contributed by atoms with van der Waals surface area (Å²) in [7, 11) is 3.60. The zero-order valence-electron chi connectivity index (χ0n) is 15.4. The third-order valence-electron chi connectivity index (χ3n) is 4.02. The van der Waals surface area contributed by atoms with Crippen molar-refractivity contribution in [2.24, 2.45) is 0 Å². The molecule has 3 aromatic rings. The first-order valence-electron chi connectivity index (χ1n) is 8.55. The minimum Gasteiger partial charge on any atom is -0.383 e. The first kappa shape index (κ1) is 18.5. The average Bonchev–Trinajstić information content (AvgIpc) is 3.13. The van der Waals surface area contributed by atoms with Gasteiger partial charge in [0.05, 0.1) is 13.2 Å². The highest BCUT2D eigenvalue weighted by Crippen LogP contribution is 2.14. The topological polar surface area (TPSA) is 85.2 Å². The van der Waals surface area contributed by atoms with Crippen LogP contribution in [0.15, 0.2) is 55.1 Å². The Bertz CT molecular complexity index is 881. The molecule has 0 radical (unpaired) electrons. The number of amides is 1. The van der Waals surface area contributed by atoms with Crippen LogP contribution < -0.4 is 10.2 Å². The van der Waals surface area contributed by atoms with E-state index in [1.807, 2.05) is 36.3 Å². The third-order valence-corrected chi connectivity index (χ3v) is 4.02. The van der Waals surface area contributed by atoms with E-state index in [2.05, 4.69) is 20.4 Å². The predicted octanol–water partition coefficient (Wildman–Crippen LogP) is 2.06. The number of carbonyl (C=O) groups is 1. The summed E-state index contributed by atoms with van der Waals surface area (Å²) >= 11 is 0. The summed E-state index contributed by atoms with van der Waals surface area (Å²) in [6, 6.07) is 9.22. The lowest BCUT2D eigenvalue weighted by molar-refractivity contribution is 0.102. The highest BCUT2D eigenvalue weighted by atomic mass is 16.5. The summed E-state index contributed by atoms with van der Waals surface area (Å²) in [4.78, 5) is 22.7. The van der Waals surface area contributed by atoms with Crippen molar-refractivity contribution in [1.29, 1.82) is 0 Å². The van der Waals surface area contributed by atoms with Gasteiger partial charge in [-0.3, -0.25) is 19.4 Å². The van der Waals surface area contributed by atoms with Crippen LogP contribution in [0.25, 0.3) is 0 Å². The SMILES string of the molecule is COCCN(C)c1ccnc(C(=O)Nc2ccn(Cc3ccncc3)n2)c1. The molecular weight excluding hydrogens is 344 g/mol. The van der Waals surface area contributed by atoms with Gasteiger partial charge in [0.2, 0.25) is 0 Å². The van der Waals surface area contributed by atoms with Crippen molar-refractivity contribution in [2.75, 3.05) is 37.5 Å². The number of methoxy groups -OCH3 is 1. The first-order valence-corrected chi connectivity index (χ1v) is 8.55. The molecule has 0 saturated carbocycles. The maximum Gasteiger partial charge on any atom is 0.275 e. The summed E-state index contributed by atoms with van der Waals surface area (Å²) in [6.45, 7) is 1.94. The van der Waals surface area contributed by atoms with Gasteiger partial charge in [-0.05, 0) is 29.8 Å². The Morgan fingerprint density at radius 1 is 1.22 bits per heavy atom. The van der Waals surface area contributed by atoms with E-state index in [1.54, 1.807) is 42.5 Å². The second-order valence-electron chi connectivity index (χ2n) is 6.02. The van der Waals surface area contributed by atoms with Gasteiger partial charge in [0, 0.05) is 57.2 Å². The summed E-state index contributed by atoms with van der Waals surface area (Å²) in [5, 5.41) is 7.16. The Balaban J connectivity index is 1.64. The molecule has 8 nitrogen and oxygen atoms in total. The third kappa shape index (κ3) is 5.11. The summed E-state index contributed by atoms with van der Waals surface area (Å²) in [6.07, 6.45) is 6.92. The second-order valence-corrected chi connectivity index (χ2v) is 6.02. The molecule has 1 amide bonds. The number of carbonyl (C=O) groups excluding carboxylic acids is 1. The maximum atomic E-state index is 12.5. The monoisotopic (exact) mass is 366 g/mol. The zero-order chi connectivity index (χ0) is 19.1. The Morgan fingerprint density at radius 3 is 2.81 bits per heavy atom. The summed E-state index contributed by atoms with van der Waals surface area (Å²) in [5.41, 5.74) is 2.32. The number of rotatable bonds is 8. The van der Waals surface area contributed by atoms with Crippen molar-refractivity contribution < 1.29 is 9.53 Å². The zero-order valence-corrected chi connectivity index (χ0v) is 15.4. The van der Waals surface area contributed by atoms with E-state index in [4.69, 9.17) is 4.74 Å². The van der Waals surface area contributed by atoms with Gasteiger partial charge >= 0.3 is 0 Å². The van der Waals surface area contributed by atoms with Crippen molar-refractivity contribution >= 4 is 17.4 Å². The molecule has 0 aliphatic rings. The molecule has 0 unspecified atom stereocenters. The van der Waals surface area contributed by atoms with Gasteiger partial charge in [0.15, 0.2) is 5.82 Å². The fraction of sp³-hybridized carbons (Fsp3) is 0.263. The molecule has 8 heteroatoms. The molecule has 3 heterocycles. The fourth-order valence-electron chi connectivity index (χ4n) is 2.51. The molecule has 0 aliphatic carbocycles. The molecule has 0 bridgehead atoms. The van der Waals surface area contributed by atoms with E-state index in [-0.39, 0.29) is 5.91 Å². The standard InChI is InChI=1S/C19H22N6O2/c1-24(11-12-27-2)16-5-9-21-17(13-16)19(26)22-18-6-10-25(23-18)14-15-3-7-20-8-4-15/h3-10,13H,11-12,14H2,1-2H3,(H,22,23,26). The molecule has 1 N–H and O–H groups in total. The quantitative estimate of drug-likeness (QED) is 0.657. The highest BCUT2D eigenvalue weighted by molar-refractivity contribution is 6.02. The molecular formula is C19H22N6O2. The number of ether oxygens (including phenoxy) is 1. The van der Waals surface area contributed by atoms with Crippen LogP contribution in [0.3, 0.4) is 0 Å². The molecule has 140 valence electrons. The number of anilines is 2. The second kappa shape index (κ2) is 8.91. The van der Waals surface area contributed by atoms with Gasteiger partial charge in [-0.25, -0.2) is 0 Å². The van der Waals surface area contributed by atoms with Crippen molar-refractivity contribution in [3.05, 3.63) is 66.4 Å². The normalized spacial score (nSPS) is 10.6. The van der Waals surface area contributed by atoms with E-state index in [0.717, 1.165) is 17.8 Å². The molecule has 27 heavy (non-hydrogen) atoms. The molecule has 0 atom stereocenters. The lowest BCUT2D eigenvalue weighted by atomic mass is 10.3. The largest absolute Gasteiger partial charge is 0.383 e. The lowest BCUT2D eigenvalue weighted by Crippen LogP contribution is -2.23. The minimum atomic E-state index is -0.300. The van der Waals surface area contributed by atoms with Gasteiger partial charge in [0.25, 0.3) is 5.91 Å². The highest BCUT2D eigenvalue weighted by Gasteiger charge is 2.12. The maximum absolute atomic E-state index is 12.5. The summed E-state index contributed by atoms with van der Waals surface area (Å²) < 4.78 is 6.84. The Morgan fingerprint density at radius 2 is 2.04 bits per heavy atom. The number of nitrogens with one attached hydrogen (secondary N) is 1. The minimum absolute atomic E-state index is 0.300. The molecule has 0 fully saturated rings. The van der Waals surface area contributed by atoms with Crippen LogP contribution in [-0.4, -0.2) is 53.0 Å². The van der Waals surface area contributed by atoms with E-state index < -0.39 is 0 Å². The number of nitrogens with zero attached hydrogens (tertiary/aromatic N) is 5. The van der Waals surface area contributed by atoms with E-state index in [1.165, 1.54) is 0 Å². The van der Waals surface area contributed by atoms with Gasteiger partial charge in [-0.1, -0.05) is 0 Å². The molecule has 0 aliphatic heterocycles. The smallest absolute Gasteiger partial charge is 0.275 e. The van der Waals surface area contributed by atoms with Gasteiger partial charge in [-0.2, -0.15) is 5.10 Å². The number of hydrogen-bond acceptors (Lipinski definition) is 6. The average molecular weight is 366 g/mol. The van der Waals surface area contributed by atoms with Gasteiger partial charge in [-0.15, -0.1) is 0 Å². The van der Waals surface area contributed by atoms with Crippen LogP contribution in [0.1, 0.15) is 16.1 Å². The fourth-order valence-corrected chi connectivity index (χ4v) is 2.51. The van der Waals surface area contributed by atoms with Crippen molar-refractivity contribution in [1.82, 2.24) is 19.7 Å².